The van der Waals surface area contributed by atoms with Gasteiger partial charge in [-0.3, -0.25) is 0 Å². The van der Waals surface area contributed by atoms with E-state index in [2.05, 4.69) is 31.8 Å². The van der Waals surface area contributed by atoms with Crippen molar-refractivity contribution < 1.29 is 0 Å². The third-order valence-corrected chi connectivity index (χ3v) is 3.47. The first kappa shape index (κ1) is 6.10. The van der Waals surface area contributed by atoms with Crippen molar-refractivity contribution in [3.8, 4) is 0 Å². The molecule has 0 bridgehead atoms. The molecule has 1 rings (SSSR count). The van der Waals surface area contributed by atoms with E-state index in [0.29, 0.717) is 0 Å². The molecule has 0 aromatic carbocycles. The second kappa shape index (κ2) is 3.91. The number of hydrogen-bond acceptors (Lipinski definition) is 0. The Morgan fingerprint density at radius 1 is 0.750 bits per heavy atom. The van der Waals surface area contributed by atoms with Crippen molar-refractivity contribution in [1.29, 1.82) is 0 Å². The second-order valence-electron chi connectivity index (χ2n) is 1.41. The van der Waals surface area contributed by atoms with E-state index in [1.807, 2.05) is 6.08 Å². The summed E-state index contributed by atoms with van der Waals surface area (Å²) < 4.78 is 4.61. The molecule has 0 radical (unpaired) electrons. The molecule has 0 spiro atoms. The topological polar surface area (TPSA) is 0 Å². The summed E-state index contributed by atoms with van der Waals surface area (Å²) in [4.78, 5) is 0. The Bertz CT molecular complexity index is 105. The van der Waals surface area contributed by atoms with Gasteiger partial charge in [-0.2, -0.15) is 0 Å². The molecule has 0 saturated carbocycles. The summed E-state index contributed by atoms with van der Waals surface area (Å²) in [5, 5.41) is 0. The van der Waals surface area contributed by atoms with Crippen LogP contribution in [0, 0.1) is 0 Å². The number of allylic oxidation sites excluding steroid dienone is 5. The van der Waals surface area contributed by atoms with E-state index in [1.54, 1.807) is 0 Å². The zero-order valence-corrected chi connectivity index (χ0v) is 7.97. The molecular weight excluding hydrogens is 293 g/mol. The van der Waals surface area contributed by atoms with Gasteiger partial charge in [0.1, 0.15) is 0 Å². The monoisotopic (exact) mass is 300 g/mol. The van der Waals surface area contributed by atoms with Gasteiger partial charge in [-0.1, -0.05) is 0 Å². The minimum atomic E-state index is -0.307. The Balaban J connectivity index is 2.67. The van der Waals surface area contributed by atoms with Gasteiger partial charge < -0.3 is 0 Å². The van der Waals surface area contributed by atoms with E-state index in [9.17, 15) is 0 Å². The molecule has 0 aliphatic carbocycles. The Kier molecular flexibility index (Phi) is 2.98. The molecule has 0 N–H and O–H groups in total. The van der Waals surface area contributed by atoms with Crippen LogP contribution in [-0.4, -0.2) is 26.5 Å². The summed E-state index contributed by atoms with van der Waals surface area (Å²) in [5.74, 6) is 0. The van der Waals surface area contributed by atoms with Gasteiger partial charge in [-0.15, -0.1) is 0 Å². The molecule has 0 amide bonds. The fraction of sp³-hybridized carbons (Fsp3) is 0. The van der Waals surface area contributed by atoms with E-state index in [0.717, 1.165) is 0 Å². The molecular formula is C7H7Bi. The molecule has 0 aromatic rings. The molecule has 1 heterocycles. The van der Waals surface area contributed by atoms with Crippen molar-refractivity contribution in [3.63, 3.8) is 0 Å². The fourth-order valence-electron chi connectivity index (χ4n) is 0.441. The molecule has 1 heteroatoms. The third kappa shape index (κ3) is 2.32. The SMILES string of the molecule is C1=C\C=[CH]/[Bi]=[CH]\C=C/1. The first-order valence-electron chi connectivity index (χ1n) is 2.52. The van der Waals surface area contributed by atoms with Crippen LogP contribution in [0.3, 0.4) is 0 Å². The molecule has 0 atom stereocenters. The van der Waals surface area contributed by atoms with Crippen molar-refractivity contribution in [1.82, 2.24) is 0 Å². The number of rotatable bonds is 0. The van der Waals surface area contributed by atoms with Crippen LogP contribution in [0.15, 0.2) is 34.2 Å². The summed E-state index contributed by atoms with van der Waals surface area (Å²) in [5.41, 5.74) is 0. The maximum atomic E-state index is 2.31. The van der Waals surface area contributed by atoms with Crippen LogP contribution in [0.5, 0.6) is 0 Å². The molecule has 0 nitrogen and oxygen atoms in total. The fourth-order valence-corrected chi connectivity index (χ4v) is 2.37. The van der Waals surface area contributed by atoms with Crippen LogP contribution >= 0.6 is 0 Å². The van der Waals surface area contributed by atoms with Gasteiger partial charge >= 0.3 is 60.6 Å². The zero-order valence-electron chi connectivity index (χ0n) is 4.49. The van der Waals surface area contributed by atoms with Gasteiger partial charge in [-0.05, 0) is 0 Å². The van der Waals surface area contributed by atoms with Gasteiger partial charge in [0.15, 0.2) is 0 Å². The Hall–Kier alpha value is -0.0269. The predicted octanol–water partition coefficient (Wildman–Crippen LogP) is 1.13. The van der Waals surface area contributed by atoms with Crippen molar-refractivity contribution in [3.05, 3.63) is 34.2 Å². The van der Waals surface area contributed by atoms with Crippen LogP contribution in [0.2, 0.25) is 0 Å². The van der Waals surface area contributed by atoms with Crippen LogP contribution in [-0.2, 0) is 0 Å². The van der Waals surface area contributed by atoms with E-state index < -0.39 is 0 Å². The summed E-state index contributed by atoms with van der Waals surface area (Å²) in [7, 11) is 0. The molecule has 0 fully saturated rings. The van der Waals surface area contributed by atoms with Crippen LogP contribution in [0.1, 0.15) is 0 Å². The van der Waals surface area contributed by atoms with Gasteiger partial charge in [0.2, 0.25) is 0 Å². The Morgan fingerprint density at radius 3 is 2.50 bits per heavy atom. The van der Waals surface area contributed by atoms with Crippen LogP contribution in [0.4, 0.5) is 0 Å². The maximum absolute atomic E-state index is 2.31. The van der Waals surface area contributed by atoms with Crippen molar-refractivity contribution in [2.45, 2.75) is 0 Å². The summed E-state index contributed by atoms with van der Waals surface area (Å²) in [6.45, 7) is 0. The van der Waals surface area contributed by atoms with Crippen molar-refractivity contribution in [2.75, 3.05) is 0 Å². The quantitative estimate of drug-likeness (QED) is 0.589. The summed E-state index contributed by atoms with van der Waals surface area (Å²) >= 11 is -0.307. The van der Waals surface area contributed by atoms with Gasteiger partial charge in [0.05, 0.1) is 0 Å². The molecule has 0 aromatic heterocycles. The Labute approximate surface area is 60.6 Å². The first-order chi connectivity index (χ1) is 4.00. The van der Waals surface area contributed by atoms with Gasteiger partial charge in [-0.25, -0.2) is 0 Å². The van der Waals surface area contributed by atoms with E-state index >= 15 is 0 Å². The molecule has 8 heavy (non-hydrogen) atoms. The molecule has 0 unspecified atom stereocenters. The van der Waals surface area contributed by atoms with E-state index in [4.69, 9.17) is 0 Å². The standard InChI is InChI=1S/C7H7.Bi/c1-3-5-7-6-4-2;/h1-7H;/b3-1?,6-4-,7-5-;. The normalized spacial score (nSPS) is 32.0. The van der Waals surface area contributed by atoms with Crippen LogP contribution in [0.25, 0.3) is 0 Å². The zero-order chi connectivity index (χ0) is 5.66. The minimum absolute atomic E-state index is 0.307. The second-order valence-corrected chi connectivity index (χ2v) is 4.89. The van der Waals surface area contributed by atoms with Crippen molar-refractivity contribution in [2.24, 2.45) is 0 Å². The molecule has 0 saturated heterocycles. The van der Waals surface area contributed by atoms with Gasteiger partial charge in [0.25, 0.3) is 0 Å². The van der Waals surface area contributed by atoms with Crippen molar-refractivity contribution >= 4 is 26.5 Å². The van der Waals surface area contributed by atoms with E-state index in [-0.39, 0.29) is 22.8 Å². The molecule has 40 valence electrons. The Morgan fingerprint density at radius 2 is 1.50 bits per heavy atom. The molecule has 1 aliphatic rings. The predicted molar refractivity (Wildman–Crippen MR) is 39.2 cm³/mol. The summed E-state index contributed by atoms with van der Waals surface area (Å²) in [6, 6.07) is 0. The van der Waals surface area contributed by atoms with E-state index in [1.165, 1.54) is 0 Å². The summed E-state index contributed by atoms with van der Waals surface area (Å²) in [6.07, 6.45) is 10.5. The number of hydrogen-bond donors (Lipinski definition) is 0. The molecule has 1 aliphatic heterocycles. The van der Waals surface area contributed by atoms with Gasteiger partial charge in [0, 0.05) is 0 Å². The van der Waals surface area contributed by atoms with Crippen LogP contribution < -0.4 is 0 Å². The third-order valence-electron chi connectivity index (χ3n) is 0.789. The first-order valence-corrected chi connectivity index (χ1v) is 6.53. The average molecular weight is 300 g/mol. The average Bonchev–Trinajstić information content (AvgIpc) is 1.62.